The first kappa shape index (κ1) is 15.2. The highest BCUT2D eigenvalue weighted by Gasteiger charge is 2.41. The molecule has 1 spiro atoms. The Morgan fingerprint density at radius 1 is 1.38 bits per heavy atom. The van der Waals surface area contributed by atoms with Crippen molar-refractivity contribution in [1.82, 2.24) is 14.5 Å². The van der Waals surface area contributed by atoms with Gasteiger partial charge in [-0.3, -0.25) is 4.68 Å². The van der Waals surface area contributed by atoms with Crippen LogP contribution in [0, 0.1) is 0 Å². The number of hydrogen-bond donors (Lipinski definition) is 1. The lowest BCUT2D eigenvalue weighted by Gasteiger charge is -2.35. The maximum atomic E-state index is 12.4. The van der Waals surface area contributed by atoms with Gasteiger partial charge in [0.15, 0.2) is 10.8 Å². The topological polar surface area (TPSA) is 82.5 Å². The third-order valence-electron chi connectivity index (χ3n) is 3.98. The van der Waals surface area contributed by atoms with E-state index in [9.17, 15) is 8.42 Å². The Morgan fingerprint density at radius 3 is 2.52 bits per heavy atom. The summed E-state index contributed by atoms with van der Waals surface area (Å²) in [5.41, 5.74) is 0. The fraction of sp³-hybridized carbons (Fsp3) is 0.750. The van der Waals surface area contributed by atoms with Crippen LogP contribution in [0.5, 0.6) is 0 Å². The smallest absolute Gasteiger partial charge is 0.259 e. The quantitative estimate of drug-likeness (QED) is 0.892. The molecule has 1 aromatic rings. The molecule has 9 heteroatoms. The molecule has 0 unspecified atom stereocenters. The third-order valence-corrected chi connectivity index (χ3v) is 6.01. The van der Waals surface area contributed by atoms with Gasteiger partial charge in [-0.15, -0.1) is 0 Å². The highest BCUT2D eigenvalue weighted by molar-refractivity contribution is 7.89. The molecule has 21 heavy (non-hydrogen) atoms. The van der Waals surface area contributed by atoms with E-state index in [-0.39, 0.29) is 16.1 Å². The summed E-state index contributed by atoms with van der Waals surface area (Å²) in [4.78, 5) is 0. The molecule has 2 aliphatic rings. The van der Waals surface area contributed by atoms with Gasteiger partial charge in [0.2, 0.25) is 0 Å². The molecular formula is C12H18ClN3O4S. The maximum Gasteiger partial charge on any atom is 0.259 e. The predicted molar refractivity (Wildman–Crippen MR) is 75.4 cm³/mol. The summed E-state index contributed by atoms with van der Waals surface area (Å²) in [5.74, 6) is -0.494. The van der Waals surface area contributed by atoms with Crippen LogP contribution in [0.1, 0.15) is 25.7 Å². The molecule has 7 nitrogen and oxygen atoms in total. The molecule has 0 atom stereocenters. The second-order valence-electron chi connectivity index (χ2n) is 5.42. The summed E-state index contributed by atoms with van der Waals surface area (Å²) in [7, 11) is -2.12. The summed E-state index contributed by atoms with van der Waals surface area (Å²) in [6, 6.07) is -0.139. The van der Waals surface area contributed by atoms with Crippen molar-refractivity contribution in [3.05, 3.63) is 11.2 Å². The molecule has 1 saturated carbocycles. The van der Waals surface area contributed by atoms with Gasteiger partial charge in [0, 0.05) is 25.9 Å². The van der Waals surface area contributed by atoms with Crippen molar-refractivity contribution in [3.63, 3.8) is 0 Å². The highest BCUT2D eigenvalue weighted by atomic mass is 35.5. The van der Waals surface area contributed by atoms with Crippen molar-refractivity contribution in [2.24, 2.45) is 7.05 Å². The largest absolute Gasteiger partial charge is 0.348 e. The predicted octanol–water partition coefficient (Wildman–Crippen LogP) is 1.04. The zero-order chi connectivity index (χ0) is 15.1. The fourth-order valence-corrected chi connectivity index (χ4v) is 4.90. The molecule has 0 bridgehead atoms. The van der Waals surface area contributed by atoms with Crippen LogP contribution < -0.4 is 4.72 Å². The van der Waals surface area contributed by atoms with Crippen molar-refractivity contribution in [3.8, 4) is 0 Å². The molecule has 1 N–H and O–H groups in total. The lowest BCUT2D eigenvalue weighted by atomic mass is 9.91. The van der Waals surface area contributed by atoms with E-state index in [1.165, 1.54) is 10.9 Å². The van der Waals surface area contributed by atoms with Crippen molar-refractivity contribution < 1.29 is 17.9 Å². The number of aryl methyl sites for hydroxylation is 1. The van der Waals surface area contributed by atoms with Crippen LogP contribution in [0.4, 0.5) is 0 Å². The van der Waals surface area contributed by atoms with Gasteiger partial charge in [-0.1, -0.05) is 11.6 Å². The Morgan fingerprint density at radius 2 is 2.00 bits per heavy atom. The molecule has 1 aliphatic carbocycles. The van der Waals surface area contributed by atoms with Gasteiger partial charge in [-0.25, -0.2) is 13.1 Å². The average Bonchev–Trinajstić information content (AvgIpc) is 3.00. The van der Waals surface area contributed by atoms with Gasteiger partial charge in [-0.2, -0.15) is 5.10 Å². The van der Waals surface area contributed by atoms with Crippen LogP contribution in [0.3, 0.4) is 0 Å². The Bertz CT molecular complexity index is 595. The first-order valence-corrected chi connectivity index (χ1v) is 8.76. The molecule has 0 aromatic carbocycles. The van der Waals surface area contributed by atoms with Crippen molar-refractivity contribution in [1.29, 1.82) is 0 Å². The highest BCUT2D eigenvalue weighted by Crippen LogP contribution is 2.36. The first-order chi connectivity index (χ1) is 9.92. The average molecular weight is 336 g/mol. The first-order valence-electron chi connectivity index (χ1n) is 6.90. The minimum absolute atomic E-state index is 0.00202. The number of aromatic nitrogens is 2. The normalized spacial score (nSPS) is 23.0. The number of rotatable bonds is 3. The Balaban J connectivity index is 1.67. The van der Waals surface area contributed by atoms with Crippen LogP contribution in [0.2, 0.25) is 5.02 Å². The van der Waals surface area contributed by atoms with Crippen LogP contribution in [-0.4, -0.2) is 43.2 Å². The second kappa shape index (κ2) is 5.51. The lowest BCUT2D eigenvalue weighted by molar-refractivity contribution is -0.178. The summed E-state index contributed by atoms with van der Waals surface area (Å²) >= 11 is 5.90. The number of hydrogen-bond acceptors (Lipinski definition) is 5. The molecule has 118 valence electrons. The zero-order valence-electron chi connectivity index (χ0n) is 11.7. The van der Waals surface area contributed by atoms with Gasteiger partial charge in [-0.05, 0) is 12.8 Å². The van der Waals surface area contributed by atoms with Gasteiger partial charge in [0.05, 0.1) is 24.4 Å². The fourth-order valence-electron chi connectivity index (χ4n) is 2.94. The van der Waals surface area contributed by atoms with Crippen LogP contribution in [-0.2, 0) is 26.5 Å². The van der Waals surface area contributed by atoms with Crippen molar-refractivity contribution >= 4 is 21.6 Å². The van der Waals surface area contributed by atoms with Crippen LogP contribution >= 0.6 is 11.6 Å². The van der Waals surface area contributed by atoms with Gasteiger partial charge >= 0.3 is 0 Å². The molecular weight excluding hydrogens is 318 g/mol. The van der Waals surface area contributed by atoms with E-state index in [2.05, 4.69) is 9.82 Å². The lowest BCUT2D eigenvalue weighted by Crippen LogP contribution is -2.44. The molecule has 0 amide bonds. The molecule has 3 rings (SSSR count). The SMILES string of the molecule is Cn1ncc(Cl)c1S(=O)(=O)NC1CCC2(CC1)OCCO2. The van der Waals surface area contributed by atoms with Crippen molar-refractivity contribution in [2.75, 3.05) is 13.2 Å². The summed E-state index contributed by atoms with van der Waals surface area (Å²) < 4.78 is 40.0. The third kappa shape index (κ3) is 2.95. The Labute approximate surface area is 128 Å². The van der Waals surface area contributed by atoms with Crippen LogP contribution in [0.15, 0.2) is 11.2 Å². The summed E-state index contributed by atoms with van der Waals surface area (Å²) in [6.45, 7) is 1.22. The Hall–Kier alpha value is -0.670. The van der Waals surface area contributed by atoms with E-state index in [0.717, 1.165) is 0 Å². The van der Waals surface area contributed by atoms with Crippen LogP contribution in [0.25, 0.3) is 0 Å². The minimum Gasteiger partial charge on any atom is -0.348 e. The number of nitrogens with one attached hydrogen (secondary N) is 1. The molecule has 2 fully saturated rings. The standard InChI is InChI=1S/C12H18ClN3O4S/c1-16-11(10(13)8-14-16)21(17,18)15-9-2-4-12(5-3-9)19-6-7-20-12/h8-9,15H,2-7H2,1H3. The minimum atomic E-state index is -3.68. The molecule has 0 radical (unpaired) electrons. The monoisotopic (exact) mass is 335 g/mol. The number of ether oxygens (including phenoxy) is 2. The summed E-state index contributed by atoms with van der Waals surface area (Å²) in [5, 5.41) is 3.98. The van der Waals surface area contributed by atoms with Crippen molar-refractivity contribution in [2.45, 2.75) is 42.5 Å². The zero-order valence-corrected chi connectivity index (χ0v) is 13.3. The molecule has 1 aromatic heterocycles. The van der Waals surface area contributed by atoms with E-state index >= 15 is 0 Å². The van der Waals surface area contributed by atoms with E-state index in [0.29, 0.717) is 38.9 Å². The summed E-state index contributed by atoms with van der Waals surface area (Å²) in [6.07, 6.45) is 4.06. The maximum absolute atomic E-state index is 12.4. The number of sulfonamides is 1. The second-order valence-corrected chi connectivity index (χ2v) is 7.46. The molecule has 2 heterocycles. The van der Waals surface area contributed by atoms with Gasteiger partial charge in [0.1, 0.15) is 0 Å². The Kier molecular flexibility index (Phi) is 4.00. The van der Waals surface area contributed by atoms with E-state index in [1.54, 1.807) is 7.05 Å². The molecule has 1 saturated heterocycles. The van der Waals surface area contributed by atoms with E-state index in [4.69, 9.17) is 21.1 Å². The molecule has 1 aliphatic heterocycles. The van der Waals surface area contributed by atoms with Gasteiger partial charge < -0.3 is 9.47 Å². The van der Waals surface area contributed by atoms with E-state index in [1.807, 2.05) is 0 Å². The number of nitrogens with zero attached hydrogens (tertiary/aromatic N) is 2. The number of halogens is 1. The van der Waals surface area contributed by atoms with E-state index < -0.39 is 15.8 Å². The van der Waals surface area contributed by atoms with Gasteiger partial charge in [0.25, 0.3) is 10.0 Å².